The molecule has 0 saturated heterocycles. The van der Waals surface area contributed by atoms with Crippen molar-refractivity contribution >= 4 is 35.1 Å². The highest BCUT2D eigenvalue weighted by Gasteiger charge is 2.32. The summed E-state index contributed by atoms with van der Waals surface area (Å²) in [4.78, 5) is 27.3. The lowest BCUT2D eigenvalue weighted by atomic mass is 9.88. The van der Waals surface area contributed by atoms with E-state index in [1.807, 2.05) is 78.9 Å². The van der Waals surface area contributed by atoms with Crippen LogP contribution in [0.2, 0.25) is 10.0 Å². The molecule has 3 aromatic rings. The Hall–Kier alpha value is -3.16. The fourth-order valence-corrected chi connectivity index (χ4v) is 5.31. The maximum Gasteiger partial charge on any atom is 0.328 e. The number of likely N-dealkylation sites (N-methyl/N-ethyl adjacent to an activating group) is 1. The third-order valence-electron chi connectivity index (χ3n) is 6.88. The zero-order valence-electron chi connectivity index (χ0n) is 22.0. The lowest BCUT2D eigenvalue weighted by Gasteiger charge is -2.40. The number of amides is 1. The van der Waals surface area contributed by atoms with Crippen LogP contribution in [0.3, 0.4) is 0 Å². The fourth-order valence-electron chi connectivity index (χ4n) is 4.99. The van der Waals surface area contributed by atoms with Crippen LogP contribution in [0.15, 0.2) is 90.5 Å². The van der Waals surface area contributed by atoms with E-state index in [9.17, 15) is 9.59 Å². The van der Waals surface area contributed by atoms with E-state index in [0.717, 1.165) is 28.7 Å². The Balaban J connectivity index is 1.44. The minimum atomic E-state index is -0.798. The zero-order valence-corrected chi connectivity index (χ0v) is 23.5. The number of nitrogens with zero attached hydrogens (tertiary/aromatic N) is 1. The van der Waals surface area contributed by atoms with Crippen molar-refractivity contribution in [1.29, 1.82) is 0 Å². The van der Waals surface area contributed by atoms with Crippen molar-refractivity contribution in [3.63, 3.8) is 0 Å². The van der Waals surface area contributed by atoms with E-state index < -0.39 is 12.0 Å². The van der Waals surface area contributed by atoms with Gasteiger partial charge in [-0.15, -0.1) is 0 Å². The molecule has 39 heavy (non-hydrogen) atoms. The highest BCUT2D eigenvalue weighted by molar-refractivity contribution is 6.30. The van der Waals surface area contributed by atoms with Gasteiger partial charge in [-0.1, -0.05) is 83.9 Å². The van der Waals surface area contributed by atoms with Crippen molar-refractivity contribution in [1.82, 2.24) is 10.2 Å². The summed E-state index contributed by atoms with van der Waals surface area (Å²) in [5.41, 5.74) is 4.16. The summed E-state index contributed by atoms with van der Waals surface area (Å²) in [7, 11) is 3.39. The first kappa shape index (κ1) is 28.8. The molecule has 1 aliphatic rings. The van der Waals surface area contributed by atoms with Gasteiger partial charge in [-0.25, -0.2) is 4.79 Å². The third-order valence-corrected chi connectivity index (χ3v) is 7.37. The summed E-state index contributed by atoms with van der Waals surface area (Å²) in [6, 6.07) is 24.4. The number of halogens is 2. The van der Waals surface area contributed by atoms with Gasteiger partial charge in [-0.05, 0) is 60.0 Å². The predicted molar refractivity (Wildman–Crippen MR) is 154 cm³/mol. The van der Waals surface area contributed by atoms with E-state index in [1.165, 1.54) is 7.11 Å². The van der Waals surface area contributed by atoms with E-state index in [2.05, 4.69) is 23.3 Å². The molecule has 2 unspecified atom stereocenters. The summed E-state index contributed by atoms with van der Waals surface area (Å²) in [5, 5.41) is 4.10. The number of hydrogen-bond acceptors (Lipinski definition) is 5. The maximum atomic E-state index is 12.7. The van der Waals surface area contributed by atoms with Gasteiger partial charge < -0.3 is 14.8 Å². The molecule has 0 aromatic heterocycles. The Morgan fingerprint density at radius 2 is 1.72 bits per heavy atom. The van der Waals surface area contributed by atoms with Crippen LogP contribution in [-0.4, -0.2) is 50.2 Å². The molecular formula is C31H32Cl2N2O4. The minimum Gasteiger partial charge on any atom is -0.467 e. The largest absolute Gasteiger partial charge is 0.467 e. The maximum absolute atomic E-state index is 12.7. The number of nitrogens with one attached hydrogen (secondary N) is 1. The number of hydrogen-bond donors (Lipinski definition) is 1. The monoisotopic (exact) mass is 566 g/mol. The molecule has 0 fully saturated rings. The lowest BCUT2D eigenvalue weighted by Crippen LogP contribution is -2.44. The van der Waals surface area contributed by atoms with Gasteiger partial charge in [0.1, 0.15) is 12.6 Å². The molecule has 0 bridgehead atoms. The van der Waals surface area contributed by atoms with E-state index >= 15 is 0 Å². The van der Waals surface area contributed by atoms with E-state index in [1.54, 1.807) is 0 Å². The van der Waals surface area contributed by atoms with Gasteiger partial charge in [0, 0.05) is 22.5 Å². The molecule has 8 heteroatoms. The first-order chi connectivity index (χ1) is 18.9. The molecule has 4 rings (SSSR count). The Morgan fingerprint density at radius 1 is 0.974 bits per heavy atom. The van der Waals surface area contributed by atoms with Crippen molar-refractivity contribution in [3.05, 3.63) is 117 Å². The van der Waals surface area contributed by atoms with Crippen LogP contribution in [0, 0.1) is 0 Å². The van der Waals surface area contributed by atoms with Crippen molar-refractivity contribution in [2.24, 2.45) is 0 Å². The minimum absolute atomic E-state index is 0.0953. The number of carbonyl (C=O) groups is 2. The summed E-state index contributed by atoms with van der Waals surface area (Å²) in [6.45, 7) is 0.0655. The van der Waals surface area contributed by atoms with Gasteiger partial charge in [0.15, 0.2) is 0 Å². The van der Waals surface area contributed by atoms with Crippen molar-refractivity contribution in [2.45, 2.75) is 31.0 Å². The van der Waals surface area contributed by atoms with Crippen molar-refractivity contribution in [2.75, 3.05) is 27.4 Å². The van der Waals surface area contributed by atoms with Gasteiger partial charge in [0.2, 0.25) is 5.91 Å². The third kappa shape index (κ3) is 7.70. The average molecular weight is 568 g/mol. The van der Waals surface area contributed by atoms with Crippen LogP contribution in [-0.2, 0) is 25.5 Å². The molecule has 1 amide bonds. The fraction of sp³-hybridized carbons (Fsp3) is 0.290. The lowest BCUT2D eigenvalue weighted by molar-refractivity contribution is -0.145. The Kier molecular flexibility index (Phi) is 10.2. The number of esters is 1. The van der Waals surface area contributed by atoms with Crippen molar-refractivity contribution in [3.8, 4) is 0 Å². The Labute approximate surface area is 239 Å². The molecule has 1 N–H and O–H groups in total. The normalized spacial score (nSPS) is 18.2. The number of methoxy groups -OCH3 is 1. The topological polar surface area (TPSA) is 67.9 Å². The first-order valence-corrected chi connectivity index (χ1v) is 13.5. The Morgan fingerprint density at radius 3 is 2.41 bits per heavy atom. The molecule has 3 atom stereocenters. The summed E-state index contributed by atoms with van der Waals surface area (Å²) in [5.74, 6) is -0.887. The summed E-state index contributed by atoms with van der Waals surface area (Å²) in [6.07, 6.45) is 3.29. The van der Waals surface area contributed by atoms with Crippen LogP contribution in [0.5, 0.6) is 0 Å². The molecular weight excluding hydrogens is 535 g/mol. The molecule has 0 spiro atoms. The molecule has 3 aromatic carbocycles. The first-order valence-electron chi connectivity index (χ1n) is 12.8. The van der Waals surface area contributed by atoms with Gasteiger partial charge in [-0.2, -0.15) is 0 Å². The SMILES string of the molecule is COC(=O)[C@H](Cc1ccccc1)NC(=O)COCC1=CCC(c2ccc(Cl)cc2)N(C)C1c1cccc(Cl)c1. The zero-order chi connectivity index (χ0) is 27.8. The van der Waals surface area contributed by atoms with Crippen LogP contribution in [0.4, 0.5) is 0 Å². The van der Waals surface area contributed by atoms with E-state index in [4.69, 9.17) is 32.7 Å². The van der Waals surface area contributed by atoms with Crippen LogP contribution < -0.4 is 5.32 Å². The summed E-state index contributed by atoms with van der Waals surface area (Å²) >= 11 is 12.5. The second-order valence-corrected chi connectivity index (χ2v) is 10.4. The van der Waals surface area contributed by atoms with Crippen LogP contribution in [0.25, 0.3) is 0 Å². The molecule has 6 nitrogen and oxygen atoms in total. The highest BCUT2D eigenvalue weighted by atomic mass is 35.5. The molecule has 0 aliphatic carbocycles. The summed E-state index contributed by atoms with van der Waals surface area (Å²) < 4.78 is 10.8. The molecule has 204 valence electrons. The molecule has 1 heterocycles. The quantitative estimate of drug-likeness (QED) is 0.242. The second kappa shape index (κ2) is 13.8. The Bertz CT molecular complexity index is 1300. The number of carbonyl (C=O) groups excluding carboxylic acids is 2. The van der Waals surface area contributed by atoms with Crippen LogP contribution in [0.1, 0.15) is 35.2 Å². The average Bonchev–Trinajstić information content (AvgIpc) is 2.93. The van der Waals surface area contributed by atoms with Gasteiger partial charge >= 0.3 is 5.97 Å². The van der Waals surface area contributed by atoms with E-state index in [0.29, 0.717) is 16.5 Å². The number of ether oxygens (including phenoxy) is 2. The van der Waals surface area contributed by atoms with Gasteiger partial charge in [0.25, 0.3) is 0 Å². The highest BCUT2D eigenvalue weighted by Crippen LogP contribution is 2.41. The number of benzene rings is 3. The van der Waals surface area contributed by atoms with Gasteiger partial charge in [-0.3, -0.25) is 9.69 Å². The smallest absolute Gasteiger partial charge is 0.328 e. The van der Waals surface area contributed by atoms with Gasteiger partial charge in [0.05, 0.1) is 19.8 Å². The number of rotatable bonds is 10. The van der Waals surface area contributed by atoms with E-state index in [-0.39, 0.29) is 31.2 Å². The second-order valence-electron chi connectivity index (χ2n) is 9.53. The van der Waals surface area contributed by atoms with Crippen LogP contribution >= 0.6 is 23.2 Å². The molecule has 1 aliphatic heterocycles. The standard InChI is InChI=1S/C31H32Cl2N2O4/c1-35-28(22-11-14-25(32)15-12-22)16-13-24(30(35)23-9-6-10-26(33)18-23)19-39-20-29(36)34-27(31(37)38-2)17-21-7-4-3-5-8-21/h3-15,18,27-28,30H,16-17,19-20H2,1-2H3,(H,34,36)/t27-,28?,30?/m0/s1. The van der Waals surface area contributed by atoms with Crippen molar-refractivity contribution < 1.29 is 19.1 Å². The predicted octanol–water partition coefficient (Wildman–Crippen LogP) is 5.95. The molecule has 0 saturated carbocycles. The molecule has 0 radical (unpaired) electrons.